The molecule has 0 aliphatic heterocycles. The summed E-state index contributed by atoms with van der Waals surface area (Å²) in [5.41, 5.74) is 2.16. The maximum absolute atomic E-state index is 9.11. The quantitative estimate of drug-likeness (QED) is 0.872. The first-order valence-corrected chi connectivity index (χ1v) is 6.40. The second-order valence-corrected chi connectivity index (χ2v) is 4.28. The van der Waals surface area contributed by atoms with Crippen molar-refractivity contribution < 1.29 is 14.6 Å². The summed E-state index contributed by atoms with van der Waals surface area (Å²) < 4.78 is 11.7. The molecule has 0 radical (unpaired) electrons. The van der Waals surface area contributed by atoms with Crippen LogP contribution in [-0.2, 0) is 6.61 Å². The molecule has 94 valence electrons. The molecule has 0 heterocycles. The van der Waals surface area contributed by atoms with Crippen LogP contribution < -0.4 is 9.47 Å². The van der Waals surface area contributed by atoms with Crippen molar-refractivity contribution in [2.24, 2.45) is 0 Å². The number of rotatable bonds is 6. The molecule has 0 spiro atoms. The summed E-state index contributed by atoms with van der Waals surface area (Å²) >= 11 is 8.81. The van der Waals surface area contributed by atoms with Crippen LogP contribution in [0.15, 0.2) is 28.2 Å². The van der Waals surface area contributed by atoms with Crippen molar-refractivity contribution >= 4 is 27.5 Å². The normalized spacial score (nSPS) is 10.8. The Morgan fingerprint density at radius 3 is 2.76 bits per heavy atom. The van der Waals surface area contributed by atoms with Crippen LogP contribution in [0, 0.1) is 0 Å². The molecule has 0 saturated heterocycles. The number of ether oxygens (including phenoxy) is 2. The third-order valence-corrected chi connectivity index (χ3v) is 2.73. The lowest BCUT2D eigenvalue weighted by Gasteiger charge is -2.13. The van der Waals surface area contributed by atoms with Crippen molar-refractivity contribution in [1.29, 1.82) is 0 Å². The van der Waals surface area contributed by atoms with Gasteiger partial charge in [0, 0.05) is 5.54 Å². The first-order valence-electron chi connectivity index (χ1n) is 5.17. The Kier molecular flexibility index (Phi) is 6.40. The highest BCUT2D eigenvalue weighted by molar-refractivity contribution is 9.10. The standard InChI is InChI=1S/C12H14BrClO3/c1-2-16-11-7-9(8-15)6-10(13)12(11)17-5-3-4-14/h3-4,6-7,15H,2,5,8H2,1H3/b4-3+. The number of aliphatic hydroxyl groups is 1. The van der Waals surface area contributed by atoms with E-state index in [4.69, 9.17) is 26.2 Å². The van der Waals surface area contributed by atoms with E-state index in [1.54, 1.807) is 18.2 Å². The second-order valence-electron chi connectivity index (χ2n) is 3.17. The van der Waals surface area contributed by atoms with Crippen LogP contribution in [0.1, 0.15) is 12.5 Å². The fraction of sp³-hybridized carbons (Fsp3) is 0.333. The van der Waals surface area contributed by atoms with Crippen LogP contribution in [0.5, 0.6) is 11.5 Å². The molecule has 0 fully saturated rings. The highest BCUT2D eigenvalue weighted by Crippen LogP contribution is 2.36. The van der Waals surface area contributed by atoms with Crippen LogP contribution in [0.25, 0.3) is 0 Å². The van der Waals surface area contributed by atoms with E-state index in [1.807, 2.05) is 6.92 Å². The topological polar surface area (TPSA) is 38.7 Å². The Labute approximate surface area is 114 Å². The number of benzene rings is 1. The monoisotopic (exact) mass is 320 g/mol. The largest absolute Gasteiger partial charge is 0.490 e. The predicted molar refractivity (Wildman–Crippen MR) is 71.7 cm³/mol. The van der Waals surface area contributed by atoms with Gasteiger partial charge in [-0.05, 0) is 46.6 Å². The van der Waals surface area contributed by atoms with Gasteiger partial charge < -0.3 is 14.6 Å². The van der Waals surface area contributed by atoms with Gasteiger partial charge >= 0.3 is 0 Å². The van der Waals surface area contributed by atoms with Crippen LogP contribution >= 0.6 is 27.5 Å². The predicted octanol–water partition coefficient (Wildman–Crippen LogP) is 3.47. The van der Waals surface area contributed by atoms with E-state index in [0.717, 1.165) is 10.0 Å². The van der Waals surface area contributed by atoms with Crippen LogP contribution in [0.2, 0.25) is 0 Å². The lowest BCUT2D eigenvalue weighted by atomic mass is 10.2. The zero-order valence-corrected chi connectivity index (χ0v) is 11.8. The van der Waals surface area contributed by atoms with Crippen molar-refractivity contribution in [3.63, 3.8) is 0 Å². The molecule has 1 rings (SSSR count). The van der Waals surface area contributed by atoms with Gasteiger partial charge in [-0.25, -0.2) is 0 Å². The summed E-state index contributed by atoms with van der Waals surface area (Å²) in [4.78, 5) is 0. The Balaban J connectivity index is 2.98. The third-order valence-electron chi connectivity index (χ3n) is 1.96. The minimum atomic E-state index is -0.0411. The van der Waals surface area contributed by atoms with Gasteiger partial charge in [0.15, 0.2) is 11.5 Å². The summed E-state index contributed by atoms with van der Waals surface area (Å²) in [6.45, 7) is 2.74. The van der Waals surface area contributed by atoms with Gasteiger partial charge in [0.2, 0.25) is 0 Å². The van der Waals surface area contributed by atoms with E-state index in [0.29, 0.717) is 24.7 Å². The van der Waals surface area contributed by atoms with Crippen LogP contribution in [0.3, 0.4) is 0 Å². The van der Waals surface area contributed by atoms with E-state index in [2.05, 4.69) is 15.9 Å². The fourth-order valence-electron chi connectivity index (χ4n) is 1.28. The average molecular weight is 322 g/mol. The van der Waals surface area contributed by atoms with Gasteiger partial charge in [-0.3, -0.25) is 0 Å². The Morgan fingerprint density at radius 1 is 1.41 bits per heavy atom. The summed E-state index contributed by atoms with van der Waals surface area (Å²) in [6.07, 6.45) is 1.68. The van der Waals surface area contributed by atoms with Crippen molar-refractivity contribution in [3.05, 3.63) is 33.8 Å². The zero-order valence-electron chi connectivity index (χ0n) is 9.45. The van der Waals surface area contributed by atoms with E-state index in [9.17, 15) is 0 Å². The first-order chi connectivity index (χ1) is 8.22. The molecule has 1 N–H and O–H groups in total. The second kappa shape index (κ2) is 7.58. The smallest absolute Gasteiger partial charge is 0.175 e. The highest BCUT2D eigenvalue weighted by Gasteiger charge is 2.11. The van der Waals surface area contributed by atoms with E-state index in [1.165, 1.54) is 5.54 Å². The van der Waals surface area contributed by atoms with Gasteiger partial charge in [-0.2, -0.15) is 0 Å². The number of halogens is 2. The number of hydrogen-bond donors (Lipinski definition) is 1. The maximum atomic E-state index is 9.11. The molecule has 5 heteroatoms. The molecular formula is C12H14BrClO3. The molecule has 1 aromatic rings. The third kappa shape index (κ3) is 4.22. The summed E-state index contributed by atoms with van der Waals surface area (Å²) in [5, 5.41) is 9.11. The lowest BCUT2D eigenvalue weighted by Crippen LogP contribution is -2.01. The van der Waals surface area contributed by atoms with E-state index in [-0.39, 0.29) is 6.61 Å². The molecule has 0 aliphatic rings. The molecule has 0 bridgehead atoms. The first kappa shape index (κ1) is 14.4. The minimum absolute atomic E-state index is 0.0411. The van der Waals surface area contributed by atoms with Crippen LogP contribution in [-0.4, -0.2) is 18.3 Å². The highest BCUT2D eigenvalue weighted by atomic mass is 79.9. The van der Waals surface area contributed by atoms with Crippen molar-refractivity contribution in [3.8, 4) is 11.5 Å². The van der Waals surface area contributed by atoms with E-state index >= 15 is 0 Å². The van der Waals surface area contributed by atoms with Gasteiger partial charge in [-0.15, -0.1) is 0 Å². The lowest BCUT2D eigenvalue weighted by molar-refractivity contribution is 0.275. The van der Waals surface area contributed by atoms with Crippen molar-refractivity contribution in [2.45, 2.75) is 13.5 Å². The molecule has 0 atom stereocenters. The number of aliphatic hydroxyl groups excluding tert-OH is 1. The molecule has 3 nitrogen and oxygen atoms in total. The zero-order chi connectivity index (χ0) is 12.7. The molecule has 0 aromatic heterocycles. The van der Waals surface area contributed by atoms with Gasteiger partial charge in [0.1, 0.15) is 6.61 Å². The Hall–Kier alpha value is -0.710. The van der Waals surface area contributed by atoms with Gasteiger partial charge in [0.25, 0.3) is 0 Å². The van der Waals surface area contributed by atoms with E-state index < -0.39 is 0 Å². The Morgan fingerprint density at radius 2 is 2.18 bits per heavy atom. The summed E-state index contributed by atoms with van der Waals surface area (Å²) in [6, 6.07) is 3.55. The van der Waals surface area contributed by atoms with Gasteiger partial charge in [-0.1, -0.05) is 11.6 Å². The Bertz CT molecular complexity index is 394. The molecule has 1 aromatic carbocycles. The molecular weight excluding hydrogens is 307 g/mol. The summed E-state index contributed by atoms with van der Waals surface area (Å²) in [5.74, 6) is 1.22. The molecule has 0 amide bonds. The number of hydrogen-bond acceptors (Lipinski definition) is 3. The molecule has 0 unspecified atom stereocenters. The minimum Gasteiger partial charge on any atom is -0.490 e. The van der Waals surface area contributed by atoms with Crippen molar-refractivity contribution in [1.82, 2.24) is 0 Å². The molecule has 0 aliphatic carbocycles. The average Bonchev–Trinajstić information content (AvgIpc) is 2.32. The fourth-order valence-corrected chi connectivity index (χ4v) is 1.96. The summed E-state index contributed by atoms with van der Waals surface area (Å²) in [7, 11) is 0. The molecule has 17 heavy (non-hydrogen) atoms. The maximum Gasteiger partial charge on any atom is 0.175 e. The SMILES string of the molecule is CCOc1cc(CO)cc(Br)c1OC/C=C/Cl. The van der Waals surface area contributed by atoms with Crippen LogP contribution in [0.4, 0.5) is 0 Å². The van der Waals surface area contributed by atoms with Gasteiger partial charge in [0.05, 0.1) is 17.7 Å². The molecule has 0 saturated carbocycles. The van der Waals surface area contributed by atoms with Crippen molar-refractivity contribution in [2.75, 3.05) is 13.2 Å².